The van der Waals surface area contributed by atoms with E-state index < -0.39 is 5.60 Å². The Morgan fingerprint density at radius 1 is 1.53 bits per heavy atom. The van der Waals surface area contributed by atoms with Crippen LogP contribution in [-0.2, 0) is 0 Å². The standard InChI is InChI=1S/C11H17N3O2S/c12-10-14-8(6-17-10)9(15)13-7-11(16)4-2-1-3-5-11/h6,16H,1-5,7H2,(H2,12,14)(H,13,15). The first-order valence-electron chi connectivity index (χ1n) is 5.81. The zero-order valence-corrected chi connectivity index (χ0v) is 10.4. The summed E-state index contributed by atoms with van der Waals surface area (Å²) < 4.78 is 0. The Morgan fingerprint density at radius 3 is 2.82 bits per heavy atom. The van der Waals surface area contributed by atoms with E-state index in [4.69, 9.17) is 5.73 Å². The summed E-state index contributed by atoms with van der Waals surface area (Å²) >= 11 is 1.24. The third-order valence-corrected chi connectivity index (χ3v) is 3.79. The first-order chi connectivity index (χ1) is 8.09. The Morgan fingerprint density at radius 2 is 2.24 bits per heavy atom. The fraction of sp³-hybridized carbons (Fsp3) is 0.636. The molecule has 1 aromatic heterocycles. The lowest BCUT2D eigenvalue weighted by Gasteiger charge is -2.31. The van der Waals surface area contributed by atoms with Crippen molar-refractivity contribution in [3.05, 3.63) is 11.1 Å². The van der Waals surface area contributed by atoms with Crippen molar-refractivity contribution in [2.75, 3.05) is 12.3 Å². The number of nitrogens with zero attached hydrogens (tertiary/aromatic N) is 1. The summed E-state index contributed by atoms with van der Waals surface area (Å²) in [6.45, 7) is 0.295. The number of thiazole rings is 1. The number of hydrogen-bond donors (Lipinski definition) is 3. The van der Waals surface area contributed by atoms with Gasteiger partial charge in [0.05, 0.1) is 5.60 Å². The normalized spacial score (nSPS) is 18.9. The van der Waals surface area contributed by atoms with Crippen LogP contribution in [0.25, 0.3) is 0 Å². The number of nitrogens with one attached hydrogen (secondary N) is 1. The third-order valence-electron chi connectivity index (χ3n) is 3.12. The average Bonchev–Trinajstić information content (AvgIpc) is 2.74. The molecule has 1 aliphatic carbocycles. The van der Waals surface area contributed by atoms with Crippen molar-refractivity contribution in [2.45, 2.75) is 37.7 Å². The Kier molecular flexibility index (Phi) is 3.63. The molecule has 0 aliphatic heterocycles. The van der Waals surface area contributed by atoms with E-state index in [1.165, 1.54) is 17.8 Å². The number of aromatic nitrogens is 1. The number of rotatable bonds is 3. The van der Waals surface area contributed by atoms with Gasteiger partial charge in [-0.1, -0.05) is 19.3 Å². The zero-order valence-electron chi connectivity index (χ0n) is 9.61. The highest BCUT2D eigenvalue weighted by molar-refractivity contribution is 7.13. The van der Waals surface area contributed by atoms with Gasteiger partial charge in [-0.05, 0) is 12.8 Å². The summed E-state index contributed by atoms with van der Waals surface area (Å²) in [6, 6.07) is 0. The average molecular weight is 255 g/mol. The van der Waals surface area contributed by atoms with Crippen molar-refractivity contribution in [3.63, 3.8) is 0 Å². The van der Waals surface area contributed by atoms with E-state index in [9.17, 15) is 9.90 Å². The quantitative estimate of drug-likeness (QED) is 0.756. The van der Waals surface area contributed by atoms with Gasteiger partial charge in [0.2, 0.25) is 0 Å². The molecule has 1 fully saturated rings. The molecular formula is C11H17N3O2S. The molecule has 1 aliphatic rings. The fourth-order valence-electron chi connectivity index (χ4n) is 2.11. The molecule has 0 saturated heterocycles. The molecule has 0 spiro atoms. The van der Waals surface area contributed by atoms with Gasteiger partial charge >= 0.3 is 0 Å². The van der Waals surface area contributed by atoms with Crippen LogP contribution in [0.4, 0.5) is 5.13 Å². The van der Waals surface area contributed by atoms with E-state index in [-0.39, 0.29) is 5.91 Å². The smallest absolute Gasteiger partial charge is 0.270 e. The lowest BCUT2D eigenvalue weighted by molar-refractivity contribution is 0.00522. The second-order valence-electron chi connectivity index (χ2n) is 4.54. The predicted octanol–water partition coefficient (Wildman–Crippen LogP) is 1.15. The molecule has 2 rings (SSSR count). The molecule has 17 heavy (non-hydrogen) atoms. The third kappa shape index (κ3) is 3.17. The molecule has 1 aromatic rings. The van der Waals surface area contributed by atoms with Gasteiger partial charge in [0.15, 0.2) is 5.13 Å². The molecule has 1 saturated carbocycles. The second-order valence-corrected chi connectivity index (χ2v) is 5.43. The van der Waals surface area contributed by atoms with E-state index in [1.807, 2.05) is 0 Å². The summed E-state index contributed by atoms with van der Waals surface area (Å²) in [7, 11) is 0. The Bertz CT molecular complexity index is 399. The van der Waals surface area contributed by atoms with Gasteiger partial charge in [-0.15, -0.1) is 11.3 Å². The SMILES string of the molecule is Nc1nc(C(=O)NCC2(O)CCCCC2)cs1. The molecule has 0 atom stereocenters. The van der Waals surface area contributed by atoms with Crippen LogP contribution in [0.2, 0.25) is 0 Å². The number of nitrogen functional groups attached to an aromatic ring is 1. The Labute approximate surface area is 104 Å². The number of nitrogens with two attached hydrogens (primary N) is 1. The summed E-state index contributed by atoms with van der Waals surface area (Å²) in [4.78, 5) is 15.6. The van der Waals surface area contributed by atoms with Crippen molar-refractivity contribution in [1.29, 1.82) is 0 Å². The van der Waals surface area contributed by atoms with Crippen LogP contribution in [-0.4, -0.2) is 28.1 Å². The molecule has 6 heteroatoms. The fourth-order valence-corrected chi connectivity index (χ4v) is 2.66. The highest BCUT2D eigenvalue weighted by Crippen LogP contribution is 2.27. The topological polar surface area (TPSA) is 88.2 Å². The van der Waals surface area contributed by atoms with Crippen molar-refractivity contribution >= 4 is 22.4 Å². The maximum Gasteiger partial charge on any atom is 0.270 e. The van der Waals surface area contributed by atoms with Crippen LogP contribution >= 0.6 is 11.3 Å². The van der Waals surface area contributed by atoms with E-state index >= 15 is 0 Å². The highest BCUT2D eigenvalue weighted by atomic mass is 32.1. The monoisotopic (exact) mass is 255 g/mol. The number of carbonyl (C=O) groups is 1. The van der Waals surface area contributed by atoms with Crippen molar-refractivity contribution < 1.29 is 9.90 Å². The predicted molar refractivity (Wildman–Crippen MR) is 66.9 cm³/mol. The lowest BCUT2D eigenvalue weighted by atomic mass is 9.85. The molecule has 0 aromatic carbocycles. The van der Waals surface area contributed by atoms with Gasteiger partial charge in [0.1, 0.15) is 5.69 Å². The minimum atomic E-state index is -0.741. The number of anilines is 1. The number of carbonyl (C=O) groups excluding carboxylic acids is 1. The van der Waals surface area contributed by atoms with Crippen LogP contribution in [0.5, 0.6) is 0 Å². The van der Waals surface area contributed by atoms with Crippen LogP contribution in [0, 0.1) is 0 Å². The molecule has 4 N–H and O–H groups in total. The van der Waals surface area contributed by atoms with Gasteiger partial charge in [-0.25, -0.2) is 4.98 Å². The van der Waals surface area contributed by atoms with Gasteiger partial charge in [0, 0.05) is 11.9 Å². The van der Waals surface area contributed by atoms with E-state index in [1.54, 1.807) is 5.38 Å². The summed E-state index contributed by atoms with van der Waals surface area (Å²) in [5, 5.41) is 14.9. The Hall–Kier alpha value is -1.14. The van der Waals surface area contributed by atoms with Crippen molar-refractivity contribution in [1.82, 2.24) is 10.3 Å². The number of aliphatic hydroxyl groups is 1. The number of hydrogen-bond acceptors (Lipinski definition) is 5. The van der Waals surface area contributed by atoms with E-state index in [0.29, 0.717) is 17.4 Å². The molecule has 0 unspecified atom stereocenters. The van der Waals surface area contributed by atoms with Gasteiger partial charge in [0.25, 0.3) is 5.91 Å². The van der Waals surface area contributed by atoms with E-state index in [0.717, 1.165) is 25.7 Å². The minimum Gasteiger partial charge on any atom is -0.388 e. The van der Waals surface area contributed by atoms with Crippen molar-refractivity contribution in [3.8, 4) is 0 Å². The highest BCUT2D eigenvalue weighted by Gasteiger charge is 2.29. The summed E-state index contributed by atoms with van der Waals surface area (Å²) in [5.74, 6) is -0.267. The molecule has 5 nitrogen and oxygen atoms in total. The first kappa shape index (κ1) is 12.3. The molecule has 94 valence electrons. The van der Waals surface area contributed by atoms with Crippen LogP contribution < -0.4 is 11.1 Å². The van der Waals surface area contributed by atoms with Crippen molar-refractivity contribution in [2.24, 2.45) is 0 Å². The number of amides is 1. The largest absolute Gasteiger partial charge is 0.388 e. The maximum atomic E-state index is 11.7. The summed E-state index contributed by atoms with van der Waals surface area (Å²) in [5.41, 5.74) is 5.04. The van der Waals surface area contributed by atoms with Gasteiger partial charge < -0.3 is 16.2 Å². The minimum absolute atomic E-state index is 0.267. The molecule has 1 amide bonds. The van der Waals surface area contributed by atoms with Crippen LogP contribution in [0.1, 0.15) is 42.6 Å². The second kappa shape index (κ2) is 5.01. The van der Waals surface area contributed by atoms with E-state index in [2.05, 4.69) is 10.3 Å². The summed E-state index contributed by atoms with van der Waals surface area (Å²) in [6.07, 6.45) is 4.73. The van der Waals surface area contributed by atoms with Crippen LogP contribution in [0.15, 0.2) is 5.38 Å². The molecular weight excluding hydrogens is 238 g/mol. The van der Waals surface area contributed by atoms with Gasteiger partial charge in [-0.2, -0.15) is 0 Å². The maximum absolute atomic E-state index is 11.7. The molecule has 0 bridgehead atoms. The molecule has 0 radical (unpaired) electrons. The Balaban J connectivity index is 1.87. The lowest BCUT2D eigenvalue weighted by Crippen LogP contribution is -2.44. The van der Waals surface area contributed by atoms with Crippen LogP contribution in [0.3, 0.4) is 0 Å². The zero-order chi connectivity index (χ0) is 12.3. The molecule has 1 heterocycles. The first-order valence-corrected chi connectivity index (χ1v) is 6.69. The van der Waals surface area contributed by atoms with Gasteiger partial charge in [-0.3, -0.25) is 4.79 Å².